The molecule has 0 bridgehead atoms. The third kappa shape index (κ3) is 3.60. The Labute approximate surface area is 138 Å². The van der Waals surface area contributed by atoms with Crippen molar-refractivity contribution < 1.29 is 9.53 Å². The highest BCUT2D eigenvalue weighted by atomic mass is 16.5. The number of hydrogen-bond donors (Lipinski definition) is 1. The summed E-state index contributed by atoms with van der Waals surface area (Å²) >= 11 is 0. The molecule has 5 heteroatoms. The van der Waals surface area contributed by atoms with Gasteiger partial charge < -0.3 is 10.1 Å². The molecule has 1 saturated heterocycles. The second-order valence-electron chi connectivity index (χ2n) is 7.39. The fourth-order valence-electron chi connectivity index (χ4n) is 3.96. The highest BCUT2D eigenvalue weighted by Gasteiger charge is 2.36. The molecule has 1 aromatic heterocycles. The highest BCUT2D eigenvalue weighted by molar-refractivity contribution is 5.94. The van der Waals surface area contributed by atoms with Gasteiger partial charge in [0.05, 0.1) is 5.69 Å². The zero-order chi connectivity index (χ0) is 16.4. The van der Waals surface area contributed by atoms with E-state index >= 15 is 0 Å². The molecule has 1 aromatic rings. The predicted molar refractivity (Wildman–Crippen MR) is 90.3 cm³/mol. The highest BCUT2D eigenvalue weighted by Crippen LogP contribution is 2.33. The van der Waals surface area contributed by atoms with Crippen LogP contribution in [0.25, 0.3) is 0 Å². The lowest BCUT2D eigenvalue weighted by atomic mass is 9.87. The number of carbonyl (C=O) groups is 1. The minimum atomic E-state index is -0.331. The van der Waals surface area contributed by atoms with Gasteiger partial charge in [-0.15, -0.1) is 0 Å². The van der Waals surface area contributed by atoms with E-state index in [-0.39, 0.29) is 12.0 Å². The second kappa shape index (κ2) is 7.04. The maximum Gasteiger partial charge on any atom is 0.254 e. The lowest BCUT2D eigenvalue weighted by Gasteiger charge is -2.21. The van der Waals surface area contributed by atoms with E-state index in [0.29, 0.717) is 24.4 Å². The third-order valence-corrected chi connectivity index (χ3v) is 5.43. The van der Waals surface area contributed by atoms with Crippen LogP contribution in [0.4, 0.5) is 5.82 Å². The smallest absolute Gasteiger partial charge is 0.254 e. The van der Waals surface area contributed by atoms with Crippen molar-refractivity contribution in [3.63, 3.8) is 0 Å². The molecule has 2 aliphatic rings. The first-order chi connectivity index (χ1) is 11.1. The molecule has 1 aliphatic heterocycles. The van der Waals surface area contributed by atoms with Gasteiger partial charge in [0.25, 0.3) is 5.91 Å². The molecule has 23 heavy (non-hydrogen) atoms. The first-order valence-corrected chi connectivity index (χ1v) is 9.02. The van der Waals surface area contributed by atoms with Crippen LogP contribution in [0, 0.1) is 11.8 Å². The van der Waals surface area contributed by atoms with Crippen molar-refractivity contribution in [2.24, 2.45) is 18.9 Å². The van der Waals surface area contributed by atoms with Crippen LogP contribution in [-0.2, 0) is 16.6 Å². The topological polar surface area (TPSA) is 56.1 Å². The van der Waals surface area contributed by atoms with E-state index in [9.17, 15) is 4.79 Å². The van der Waals surface area contributed by atoms with Gasteiger partial charge in [-0.2, -0.15) is 5.10 Å². The molecule has 5 nitrogen and oxygen atoms in total. The molecular weight excluding hydrogens is 290 g/mol. The van der Waals surface area contributed by atoms with Crippen molar-refractivity contribution in [1.29, 1.82) is 0 Å². The van der Waals surface area contributed by atoms with Gasteiger partial charge in [-0.3, -0.25) is 9.48 Å². The first-order valence-electron chi connectivity index (χ1n) is 9.02. The largest absolute Gasteiger partial charge is 0.368 e. The molecule has 0 unspecified atom stereocenters. The molecule has 2 heterocycles. The van der Waals surface area contributed by atoms with Crippen molar-refractivity contribution in [2.75, 3.05) is 11.9 Å². The Balaban J connectivity index is 1.67. The number of rotatable bonds is 4. The number of amides is 1. The predicted octanol–water partition coefficient (Wildman–Crippen LogP) is 3.47. The van der Waals surface area contributed by atoms with Gasteiger partial charge in [0.2, 0.25) is 0 Å². The molecule has 3 rings (SSSR count). The molecule has 128 valence electrons. The Morgan fingerprint density at radius 3 is 2.74 bits per heavy atom. The number of aryl methyl sites for hydroxylation is 1. The fourth-order valence-corrected chi connectivity index (χ4v) is 3.96. The zero-order valence-electron chi connectivity index (χ0n) is 14.5. The number of hydrogen-bond acceptors (Lipinski definition) is 3. The van der Waals surface area contributed by atoms with Gasteiger partial charge >= 0.3 is 0 Å². The molecule has 1 N–H and O–H groups in total. The summed E-state index contributed by atoms with van der Waals surface area (Å²) < 4.78 is 7.47. The van der Waals surface area contributed by atoms with E-state index in [0.717, 1.165) is 17.9 Å². The first kappa shape index (κ1) is 16.5. The molecule has 0 radical (unpaired) electrons. The monoisotopic (exact) mass is 319 g/mol. The molecule has 1 saturated carbocycles. The van der Waals surface area contributed by atoms with E-state index < -0.39 is 0 Å². The Morgan fingerprint density at radius 1 is 1.30 bits per heavy atom. The maximum atomic E-state index is 12.6. The number of aromatic nitrogens is 2. The number of nitrogens with zero attached hydrogens (tertiary/aromatic N) is 2. The average Bonchev–Trinajstić information content (AvgIpc) is 3.16. The van der Waals surface area contributed by atoms with E-state index in [1.807, 2.05) is 13.1 Å². The van der Waals surface area contributed by atoms with Crippen LogP contribution in [-0.4, -0.2) is 28.4 Å². The molecule has 1 amide bonds. The van der Waals surface area contributed by atoms with Crippen LogP contribution >= 0.6 is 0 Å². The van der Waals surface area contributed by atoms with Crippen LogP contribution in [0.3, 0.4) is 0 Å². The van der Waals surface area contributed by atoms with Gasteiger partial charge in [-0.05, 0) is 31.1 Å². The minimum Gasteiger partial charge on any atom is -0.368 e. The number of ether oxygens (including phenoxy) is 1. The van der Waals surface area contributed by atoms with Crippen molar-refractivity contribution in [2.45, 2.75) is 64.4 Å². The molecule has 2 atom stereocenters. The Morgan fingerprint density at radius 2 is 2.04 bits per heavy atom. The van der Waals surface area contributed by atoms with Gasteiger partial charge in [-0.1, -0.05) is 33.1 Å². The molecular formula is C18H29N3O2. The van der Waals surface area contributed by atoms with Crippen molar-refractivity contribution in [3.05, 3.63) is 11.8 Å². The van der Waals surface area contributed by atoms with Crippen molar-refractivity contribution in [1.82, 2.24) is 9.78 Å². The van der Waals surface area contributed by atoms with Crippen LogP contribution < -0.4 is 5.32 Å². The van der Waals surface area contributed by atoms with Crippen molar-refractivity contribution in [3.8, 4) is 0 Å². The van der Waals surface area contributed by atoms with Crippen LogP contribution in [0.2, 0.25) is 0 Å². The van der Waals surface area contributed by atoms with E-state index in [1.165, 1.54) is 32.1 Å². The molecule has 1 aliphatic carbocycles. The van der Waals surface area contributed by atoms with Gasteiger partial charge in [-0.25, -0.2) is 0 Å². The van der Waals surface area contributed by atoms with Crippen LogP contribution in [0.1, 0.15) is 64.0 Å². The Kier molecular flexibility index (Phi) is 5.05. The maximum absolute atomic E-state index is 12.6. The lowest BCUT2D eigenvalue weighted by molar-refractivity contribution is -0.127. The zero-order valence-corrected chi connectivity index (χ0v) is 14.5. The average molecular weight is 319 g/mol. The normalized spacial score (nSPS) is 25.9. The molecule has 2 fully saturated rings. The van der Waals surface area contributed by atoms with E-state index in [4.69, 9.17) is 4.74 Å². The standard InChI is InChI=1S/C18H29N3O2/c1-12(2)14-9-10-23-17(14)18(22)19-16-11-15(20-21(16)3)13-7-5-4-6-8-13/h11-14,17H,4-10H2,1-3H3,(H,19,22)/t14-,17-/m1/s1. The third-order valence-electron chi connectivity index (χ3n) is 5.43. The summed E-state index contributed by atoms with van der Waals surface area (Å²) in [6.07, 6.45) is 6.97. The number of anilines is 1. The second-order valence-corrected chi connectivity index (χ2v) is 7.39. The van der Waals surface area contributed by atoms with Crippen molar-refractivity contribution >= 4 is 11.7 Å². The molecule has 0 spiro atoms. The van der Waals surface area contributed by atoms with Gasteiger partial charge in [0, 0.05) is 25.6 Å². The van der Waals surface area contributed by atoms with Gasteiger partial charge in [0.15, 0.2) is 0 Å². The van der Waals surface area contributed by atoms with Crippen LogP contribution in [0.15, 0.2) is 6.07 Å². The SMILES string of the molecule is CC(C)[C@H]1CCO[C@H]1C(=O)Nc1cc(C2CCCCC2)nn1C. The van der Waals surface area contributed by atoms with Gasteiger partial charge in [0.1, 0.15) is 11.9 Å². The lowest BCUT2D eigenvalue weighted by Crippen LogP contribution is -2.35. The Hall–Kier alpha value is -1.36. The van der Waals surface area contributed by atoms with E-state index in [1.54, 1.807) is 4.68 Å². The quantitative estimate of drug-likeness (QED) is 0.924. The summed E-state index contributed by atoms with van der Waals surface area (Å²) in [5.74, 6) is 2.07. The summed E-state index contributed by atoms with van der Waals surface area (Å²) in [6.45, 7) is 5.00. The van der Waals surface area contributed by atoms with E-state index in [2.05, 4.69) is 24.3 Å². The molecule has 0 aromatic carbocycles. The Bertz CT molecular complexity index is 546. The number of carbonyl (C=O) groups excluding carboxylic acids is 1. The summed E-state index contributed by atoms with van der Waals surface area (Å²) in [6, 6.07) is 2.05. The van der Waals surface area contributed by atoms with Crippen LogP contribution in [0.5, 0.6) is 0 Å². The number of nitrogens with one attached hydrogen (secondary N) is 1. The summed E-state index contributed by atoms with van der Waals surface area (Å²) in [5, 5.41) is 7.66. The summed E-state index contributed by atoms with van der Waals surface area (Å²) in [4.78, 5) is 12.6. The summed E-state index contributed by atoms with van der Waals surface area (Å²) in [7, 11) is 1.90. The minimum absolute atomic E-state index is 0.0283. The fraction of sp³-hybridized carbons (Fsp3) is 0.778. The summed E-state index contributed by atoms with van der Waals surface area (Å²) in [5.41, 5.74) is 1.12.